The number of fused-ring (bicyclic) bond motifs is 2. The molecule has 0 unspecified atom stereocenters. The first kappa shape index (κ1) is 32.9. The van der Waals surface area contributed by atoms with Gasteiger partial charge in [0.1, 0.15) is 0 Å². The van der Waals surface area contributed by atoms with E-state index in [2.05, 4.69) is 20.9 Å². The number of nitro benzene ring substituents is 1. The minimum absolute atomic E-state index is 0.0584. The first-order chi connectivity index (χ1) is 22.4. The van der Waals surface area contributed by atoms with E-state index >= 15 is 4.11 Å². The third kappa shape index (κ3) is 6.20. The number of hydrogen-bond acceptors (Lipinski definition) is 9. The van der Waals surface area contributed by atoms with E-state index in [-0.39, 0.29) is 36.7 Å². The van der Waals surface area contributed by atoms with Gasteiger partial charge in [-0.3, -0.25) is 24.4 Å². The van der Waals surface area contributed by atoms with E-state index in [1.807, 2.05) is 19.1 Å². The van der Waals surface area contributed by atoms with E-state index in [0.717, 1.165) is 24.9 Å². The molecule has 4 heterocycles. The van der Waals surface area contributed by atoms with Crippen LogP contribution in [0.3, 0.4) is 0 Å². The third-order valence-electron chi connectivity index (χ3n) is 9.69. The molecule has 2 saturated heterocycles. The molecule has 6 rings (SSSR count). The fourth-order valence-electron chi connectivity index (χ4n) is 7.53. The van der Waals surface area contributed by atoms with Crippen LogP contribution in [0.15, 0.2) is 48.7 Å². The molecule has 47 heavy (non-hydrogen) atoms. The van der Waals surface area contributed by atoms with Crippen molar-refractivity contribution in [3.8, 4) is 0 Å². The Bertz CT molecular complexity index is 1660. The Hall–Kier alpha value is -4.05. The monoisotopic (exact) mass is 665 g/mol. The second-order valence-electron chi connectivity index (χ2n) is 13.2. The molecule has 5 atom stereocenters. The zero-order valence-corrected chi connectivity index (χ0v) is 27.7. The summed E-state index contributed by atoms with van der Waals surface area (Å²) in [5.41, 5.74) is 0.522. The molecule has 2 fully saturated rings. The summed E-state index contributed by atoms with van der Waals surface area (Å²) in [6, 6.07) is 11.3. The lowest BCUT2D eigenvalue weighted by atomic mass is 9.82. The Morgan fingerprint density at radius 3 is 2.70 bits per heavy atom. The zero-order chi connectivity index (χ0) is 33.5. The van der Waals surface area contributed by atoms with Crippen LogP contribution in [-0.2, 0) is 39.4 Å². The van der Waals surface area contributed by atoms with Crippen molar-refractivity contribution in [3.63, 3.8) is 0 Å². The van der Waals surface area contributed by atoms with Crippen LogP contribution >= 0.6 is 0 Å². The maximum Gasteiger partial charge on any atom is 0.269 e. The van der Waals surface area contributed by atoms with Gasteiger partial charge in [-0.15, -0.1) is 5.10 Å². The topological polar surface area (TPSA) is 165 Å². The number of aryl methyl sites for hydroxylation is 1. The highest BCUT2D eigenvalue weighted by Crippen LogP contribution is 2.60. The quantitative estimate of drug-likeness (QED) is 0.120. The van der Waals surface area contributed by atoms with Gasteiger partial charge in [-0.2, -0.15) is 0 Å². The molecule has 0 bridgehead atoms. The van der Waals surface area contributed by atoms with Crippen molar-refractivity contribution < 1.29 is 28.5 Å². The van der Waals surface area contributed by atoms with Crippen molar-refractivity contribution in [2.24, 2.45) is 5.92 Å². The molecule has 1 spiro atoms. The molecule has 3 N–H and O–H groups in total. The van der Waals surface area contributed by atoms with E-state index < -0.39 is 36.5 Å². The van der Waals surface area contributed by atoms with E-state index in [4.69, 9.17) is 4.74 Å². The molecule has 250 valence electrons. The van der Waals surface area contributed by atoms with E-state index in [1.165, 1.54) is 12.1 Å². The molecule has 2 aromatic carbocycles. The molecule has 3 aliphatic heterocycles. The minimum Gasteiger partial charge on any atom is -0.396 e. The SMILES string of the molecule is C[C@@H]1[C@@H]([Si](C)(C)F)[C@H](CCn2cc(CCO)nn2)O[C@@]12C(=O)N(Cc1ccc(NC(=O)[C@H]3CCCN3)cc1)c1ccc([N+](=O)[O-])cc12. The number of carbonyl (C=O) groups is 2. The van der Waals surface area contributed by atoms with Crippen molar-refractivity contribution in [1.29, 1.82) is 0 Å². The summed E-state index contributed by atoms with van der Waals surface area (Å²) in [5, 5.41) is 35.4. The number of aliphatic hydroxyl groups excluding tert-OH is 1. The summed E-state index contributed by atoms with van der Waals surface area (Å²) < 4.78 is 24.5. The fourth-order valence-corrected chi connectivity index (χ4v) is 10.1. The summed E-state index contributed by atoms with van der Waals surface area (Å²) in [6.45, 7) is 6.28. The van der Waals surface area contributed by atoms with Gasteiger partial charge in [-0.05, 0) is 62.7 Å². The number of nitro groups is 1. The Balaban J connectivity index is 1.29. The number of anilines is 2. The highest BCUT2D eigenvalue weighted by molar-refractivity contribution is 6.72. The Kier molecular flexibility index (Phi) is 9.00. The molecule has 13 nitrogen and oxygen atoms in total. The number of carbonyl (C=O) groups excluding carboxylic acids is 2. The molecule has 3 aromatic rings. The van der Waals surface area contributed by atoms with Crippen LogP contribution in [0, 0.1) is 16.0 Å². The Morgan fingerprint density at radius 1 is 1.28 bits per heavy atom. The predicted octanol–water partition coefficient (Wildman–Crippen LogP) is 3.82. The summed E-state index contributed by atoms with van der Waals surface area (Å²) in [6.07, 6.45) is 3.52. The van der Waals surface area contributed by atoms with Gasteiger partial charge in [-0.25, -0.2) is 0 Å². The number of aliphatic hydroxyl groups is 1. The molecule has 0 saturated carbocycles. The van der Waals surface area contributed by atoms with Crippen LogP contribution in [0.4, 0.5) is 21.2 Å². The maximum absolute atomic E-state index is 16.2. The number of non-ortho nitro benzene ring substituents is 1. The van der Waals surface area contributed by atoms with Crippen molar-refractivity contribution >= 4 is 37.3 Å². The van der Waals surface area contributed by atoms with E-state index in [9.17, 15) is 24.8 Å². The van der Waals surface area contributed by atoms with Crippen LogP contribution in [0.2, 0.25) is 18.6 Å². The molecule has 15 heteroatoms. The number of halogens is 1. The van der Waals surface area contributed by atoms with Crippen molar-refractivity contribution in [2.75, 3.05) is 23.4 Å². The Morgan fingerprint density at radius 2 is 2.04 bits per heavy atom. The largest absolute Gasteiger partial charge is 0.396 e. The van der Waals surface area contributed by atoms with Crippen molar-refractivity contribution in [3.05, 3.63) is 75.6 Å². The standard InChI is InChI=1S/C32H40FN7O6Si/c1-20-29(47(2,3)33)28(12-15-38-19-23(13-16-41)36-37-38)46-32(20)25-17-24(40(44)45)10-11-27(25)39(31(32)43)18-21-6-8-22(9-7-21)35-30(42)26-5-4-14-34-26/h6-11,17,19-20,26,28-29,34,41H,4-5,12-16,18H2,1-3H3,(H,35,42)/t20-,26-,28+,29-,32+/m1/s1. The zero-order valence-electron chi connectivity index (χ0n) is 26.7. The van der Waals surface area contributed by atoms with Gasteiger partial charge in [0.25, 0.3) is 11.6 Å². The number of ether oxygens (including phenoxy) is 1. The Labute approximate surface area is 272 Å². The lowest BCUT2D eigenvalue weighted by Gasteiger charge is -2.31. The number of nitrogens with one attached hydrogen (secondary N) is 2. The van der Waals surface area contributed by atoms with Crippen LogP contribution in [0.25, 0.3) is 0 Å². The van der Waals surface area contributed by atoms with Gasteiger partial charge < -0.3 is 29.5 Å². The lowest BCUT2D eigenvalue weighted by Crippen LogP contribution is -2.45. The second-order valence-corrected chi connectivity index (χ2v) is 17.0. The van der Waals surface area contributed by atoms with Gasteiger partial charge in [0.2, 0.25) is 14.3 Å². The summed E-state index contributed by atoms with van der Waals surface area (Å²) in [5.74, 6) is -1.09. The maximum atomic E-state index is 16.2. The van der Waals surface area contributed by atoms with Gasteiger partial charge in [-0.1, -0.05) is 24.3 Å². The van der Waals surface area contributed by atoms with Gasteiger partial charge in [0.05, 0.1) is 35.0 Å². The normalized spacial score (nSPS) is 25.5. The minimum atomic E-state index is -3.45. The first-order valence-electron chi connectivity index (χ1n) is 16.0. The number of aromatic nitrogens is 3. The molecule has 0 radical (unpaired) electrons. The smallest absolute Gasteiger partial charge is 0.269 e. The average Bonchev–Trinajstić information content (AvgIpc) is 3.82. The molecule has 0 aliphatic carbocycles. The molecular formula is C32H40FN7O6Si. The highest BCUT2D eigenvalue weighted by Gasteiger charge is 2.66. The molecule has 3 aliphatic rings. The van der Waals surface area contributed by atoms with Crippen molar-refractivity contribution in [1.82, 2.24) is 20.3 Å². The van der Waals surface area contributed by atoms with Crippen LogP contribution in [0.5, 0.6) is 0 Å². The number of hydrogen-bond donors (Lipinski definition) is 3. The lowest BCUT2D eigenvalue weighted by molar-refractivity contribution is -0.385. The molecular weight excluding hydrogens is 625 g/mol. The predicted molar refractivity (Wildman–Crippen MR) is 174 cm³/mol. The average molecular weight is 666 g/mol. The summed E-state index contributed by atoms with van der Waals surface area (Å²) in [7, 11) is -3.45. The molecule has 1 aromatic heterocycles. The van der Waals surface area contributed by atoms with Crippen LogP contribution in [0.1, 0.15) is 43.0 Å². The third-order valence-corrected chi connectivity index (χ3v) is 12.1. The number of benzene rings is 2. The fraction of sp³-hybridized carbons (Fsp3) is 0.500. The van der Waals surface area contributed by atoms with E-state index in [1.54, 1.807) is 47.1 Å². The molecule has 2 amide bonds. The van der Waals surface area contributed by atoms with Crippen LogP contribution < -0.4 is 15.5 Å². The summed E-state index contributed by atoms with van der Waals surface area (Å²) in [4.78, 5) is 40.1. The second kappa shape index (κ2) is 12.9. The van der Waals surface area contributed by atoms with Crippen LogP contribution in [-0.4, -0.2) is 70.5 Å². The number of nitrogens with zero attached hydrogens (tertiary/aromatic N) is 5. The van der Waals surface area contributed by atoms with Gasteiger partial charge >= 0.3 is 0 Å². The first-order valence-corrected chi connectivity index (χ1v) is 19.0. The van der Waals surface area contributed by atoms with Gasteiger partial charge in [0.15, 0.2) is 5.60 Å². The van der Waals surface area contributed by atoms with Crippen molar-refractivity contribution in [2.45, 2.75) is 82.1 Å². The van der Waals surface area contributed by atoms with E-state index in [0.29, 0.717) is 42.0 Å². The number of rotatable bonds is 11. The van der Waals surface area contributed by atoms with Gasteiger partial charge in [0, 0.05) is 60.6 Å². The summed E-state index contributed by atoms with van der Waals surface area (Å²) >= 11 is 0. The highest BCUT2D eigenvalue weighted by atomic mass is 28.4. The number of amides is 2.